The summed E-state index contributed by atoms with van der Waals surface area (Å²) in [4.78, 5) is 11.7. The topological polar surface area (TPSA) is 41.1 Å². The van der Waals surface area contributed by atoms with Gasteiger partial charge in [-0.2, -0.15) is 0 Å². The zero-order valence-corrected chi connectivity index (χ0v) is 13.2. The predicted molar refractivity (Wildman–Crippen MR) is 90.7 cm³/mol. The molecule has 0 aliphatic rings. The lowest BCUT2D eigenvalue weighted by atomic mass is 10.1. The molecule has 0 aliphatic carbocycles. The summed E-state index contributed by atoms with van der Waals surface area (Å²) in [5.41, 5.74) is 2.32. The van der Waals surface area contributed by atoms with Crippen molar-refractivity contribution in [3.05, 3.63) is 71.5 Å². The van der Waals surface area contributed by atoms with Crippen molar-refractivity contribution >= 4 is 5.91 Å². The van der Waals surface area contributed by atoms with Crippen LogP contribution < -0.4 is 10.6 Å². The highest BCUT2D eigenvalue weighted by atomic mass is 19.1. The number of carbonyl (C=O) groups is 1. The van der Waals surface area contributed by atoms with Gasteiger partial charge < -0.3 is 10.6 Å². The molecule has 2 aromatic carbocycles. The summed E-state index contributed by atoms with van der Waals surface area (Å²) in [6.45, 7) is 2.10. The second kappa shape index (κ2) is 9.74. The molecule has 0 saturated carbocycles. The summed E-state index contributed by atoms with van der Waals surface area (Å²) in [6, 6.07) is 16.6. The minimum absolute atomic E-state index is 0.0650. The van der Waals surface area contributed by atoms with Crippen LogP contribution in [-0.2, 0) is 17.6 Å². The lowest BCUT2D eigenvalue weighted by molar-refractivity contribution is -0.120. The molecule has 122 valence electrons. The quantitative estimate of drug-likeness (QED) is 0.699. The zero-order valence-electron chi connectivity index (χ0n) is 13.2. The maximum atomic E-state index is 12.8. The molecule has 0 heterocycles. The number of benzene rings is 2. The van der Waals surface area contributed by atoms with Gasteiger partial charge in [-0.05, 0) is 42.6 Å². The fraction of sp³-hybridized carbons (Fsp3) is 0.316. The molecule has 0 fully saturated rings. The normalized spacial score (nSPS) is 10.5. The smallest absolute Gasteiger partial charge is 0.221 e. The van der Waals surface area contributed by atoms with Gasteiger partial charge in [0.2, 0.25) is 5.91 Å². The number of halogens is 1. The van der Waals surface area contributed by atoms with Crippen molar-refractivity contribution in [3.8, 4) is 0 Å². The van der Waals surface area contributed by atoms with E-state index in [0.29, 0.717) is 19.5 Å². The van der Waals surface area contributed by atoms with Gasteiger partial charge in [-0.3, -0.25) is 4.79 Å². The first-order valence-electron chi connectivity index (χ1n) is 8.00. The van der Waals surface area contributed by atoms with Crippen molar-refractivity contribution in [3.63, 3.8) is 0 Å². The lowest BCUT2D eigenvalue weighted by Gasteiger charge is -2.07. The van der Waals surface area contributed by atoms with E-state index in [9.17, 15) is 9.18 Å². The van der Waals surface area contributed by atoms with Crippen LogP contribution >= 0.6 is 0 Å². The van der Waals surface area contributed by atoms with Crippen molar-refractivity contribution < 1.29 is 9.18 Å². The largest absolute Gasteiger partial charge is 0.356 e. The fourth-order valence-electron chi connectivity index (χ4n) is 2.29. The molecular weight excluding hydrogens is 291 g/mol. The number of hydrogen-bond acceptors (Lipinski definition) is 2. The van der Waals surface area contributed by atoms with Crippen molar-refractivity contribution in [2.24, 2.45) is 0 Å². The first-order valence-corrected chi connectivity index (χ1v) is 8.00. The SMILES string of the molecule is O=C(CCNCCc1ccc(F)cc1)NCCc1ccccc1. The number of hydrogen-bond donors (Lipinski definition) is 2. The third kappa shape index (κ3) is 7.06. The summed E-state index contributed by atoms with van der Waals surface area (Å²) in [7, 11) is 0. The van der Waals surface area contributed by atoms with Crippen LogP contribution in [0.15, 0.2) is 54.6 Å². The Hall–Kier alpha value is -2.20. The standard InChI is InChI=1S/C19H23FN2O/c20-18-8-6-17(7-9-18)10-13-21-14-12-19(23)22-15-11-16-4-2-1-3-5-16/h1-9,21H,10-15H2,(H,22,23). The molecule has 2 aromatic rings. The van der Waals surface area contributed by atoms with Crippen LogP contribution in [0.1, 0.15) is 17.5 Å². The molecule has 0 spiro atoms. The molecular formula is C19H23FN2O. The van der Waals surface area contributed by atoms with Crippen molar-refractivity contribution in [2.75, 3.05) is 19.6 Å². The average Bonchev–Trinajstić information content (AvgIpc) is 2.57. The Kier molecular flexibility index (Phi) is 7.27. The minimum Gasteiger partial charge on any atom is -0.356 e. The Morgan fingerprint density at radius 3 is 2.22 bits per heavy atom. The van der Waals surface area contributed by atoms with Crippen LogP contribution in [0.3, 0.4) is 0 Å². The molecule has 0 aromatic heterocycles. The summed E-state index contributed by atoms with van der Waals surface area (Å²) in [5.74, 6) is -0.149. The summed E-state index contributed by atoms with van der Waals surface area (Å²) < 4.78 is 12.8. The van der Waals surface area contributed by atoms with Crippen LogP contribution in [-0.4, -0.2) is 25.5 Å². The third-order valence-electron chi connectivity index (χ3n) is 3.61. The highest BCUT2D eigenvalue weighted by Crippen LogP contribution is 2.02. The molecule has 0 atom stereocenters. The first kappa shape index (κ1) is 17.2. The Labute approximate surface area is 136 Å². The number of amides is 1. The van der Waals surface area contributed by atoms with Gasteiger partial charge in [-0.15, -0.1) is 0 Å². The van der Waals surface area contributed by atoms with Gasteiger partial charge in [-0.25, -0.2) is 4.39 Å². The Balaban J connectivity index is 1.50. The van der Waals surface area contributed by atoms with E-state index >= 15 is 0 Å². The molecule has 1 amide bonds. The number of nitrogens with one attached hydrogen (secondary N) is 2. The minimum atomic E-state index is -0.214. The molecule has 23 heavy (non-hydrogen) atoms. The van der Waals surface area contributed by atoms with Gasteiger partial charge in [0.15, 0.2) is 0 Å². The van der Waals surface area contributed by atoms with Gasteiger partial charge in [-0.1, -0.05) is 42.5 Å². The number of rotatable bonds is 9. The van der Waals surface area contributed by atoms with E-state index in [0.717, 1.165) is 24.9 Å². The molecule has 0 saturated heterocycles. The molecule has 4 heteroatoms. The van der Waals surface area contributed by atoms with Gasteiger partial charge in [0.05, 0.1) is 0 Å². The highest BCUT2D eigenvalue weighted by molar-refractivity contribution is 5.76. The van der Waals surface area contributed by atoms with E-state index < -0.39 is 0 Å². The van der Waals surface area contributed by atoms with E-state index in [1.54, 1.807) is 12.1 Å². The van der Waals surface area contributed by atoms with Crippen LogP contribution in [0.5, 0.6) is 0 Å². The highest BCUT2D eigenvalue weighted by Gasteiger charge is 2.01. The van der Waals surface area contributed by atoms with Gasteiger partial charge >= 0.3 is 0 Å². The molecule has 3 nitrogen and oxygen atoms in total. The van der Waals surface area contributed by atoms with Gasteiger partial charge in [0.25, 0.3) is 0 Å². The average molecular weight is 314 g/mol. The molecule has 0 unspecified atom stereocenters. The number of carbonyl (C=O) groups excluding carboxylic acids is 1. The lowest BCUT2D eigenvalue weighted by Crippen LogP contribution is -2.29. The van der Waals surface area contributed by atoms with E-state index in [-0.39, 0.29) is 11.7 Å². The van der Waals surface area contributed by atoms with Crippen molar-refractivity contribution in [1.29, 1.82) is 0 Å². The maximum absolute atomic E-state index is 12.8. The Morgan fingerprint density at radius 1 is 0.826 bits per heavy atom. The second-order valence-electron chi connectivity index (χ2n) is 5.46. The van der Waals surface area contributed by atoms with E-state index in [1.165, 1.54) is 17.7 Å². The molecule has 0 aliphatic heterocycles. The van der Waals surface area contributed by atoms with Gasteiger partial charge in [0.1, 0.15) is 5.82 Å². The van der Waals surface area contributed by atoms with Crippen LogP contribution in [0.4, 0.5) is 4.39 Å². The van der Waals surface area contributed by atoms with Crippen LogP contribution in [0, 0.1) is 5.82 Å². The monoisotopic (exact) mass is 314 g/mol. The van der Waals surface area contributed by atoms with Crippen LogP contribution in [0.2, 0.25) is 0 Å². The third-order valence-corrected chi connectivity index (χ3v) is 3.61. The van der Waals surface area contributed by atoms with Gasteiger partial charge in [0, 0.05) is 19.5 Å². The summed E-state index contributed by atoms with van der Waals surface area (Å²) in [5, 5.41) is 6.16. The molecule has 2 N–H and O–H groups in total. The van der Waals surface area contributed by atoms with Crippen LogP contribution in [0.25, 0.3) is 0 Å². The van der Waals surface area contributed by atoms with Crippen molar-refractivity contribution in [1.82, 2.24) is 10.6 Å². The fourth-order valence-corrected chi connectivity index (χ4v) is 2.29. The molecule has 0 radical (unpaired) electrons. The zero-order chi connectivity index (χ0) is 16.3. The first-order chi connectivity index (χ1) is 11.2. The Bertz CT molecular complexity index is 584. The van der Waals surface area contributed by atoms with E-state index in [4.69, 9.17) is 0 Å². The maximum Gasteiger partial charge on any atom is 0.221 e. The molecule has 0 bridgehead atoms. The van der Waals surface area contributed by atoms with E-state index in [2.05, 4.69) is 22.8 Å². The predicted octanol–water partition coefficient (Wildman–Crippen LogP) is 2.71. The summed E-state index contributed by atoms with van der Waals surface area (Å²) in [6.07, 6.45) is 2.15. The van der Waals surface area contributed by atoms with E-state index in [1.807, 2.05) is 18.2 Å². The molecule has 2 rings (SSSR count). The second-order valence-corrected chi connectivity index (χ2v) is 5.46. The summed E-state index contributed by atoms with van der Waals surface area (Å²) >= 11 is 0. The van der Waals surface area contributed by atoms with Crippen molar-refractivity contribution in [2.45, 2.75) is 19.3 Å². The Morgan fingerprint density at radius 2 is 1.48 bits per heavy atom.